The summed E-state index contributed by atoms with van der Waals surface area (Å²) in [6.07, 6.45) is 0. The highest BCUT2D eigenvalue weighted by molar-refractivity contribution is 9.10. The number of nitrogens with zero attached hydrogens (tertiary/aromatic N) is 1. The van der Waals surface area contributed by atoms with Crippen molar-refractivity contribution in [2.45, 2.75) is 6.92 Å². The molecular formula is C9H7BrN2OS. The van der Waals surface area contributed by atoms with E-state index in [9.17, 15) is 4.79 Å². The van der Waals surface area contributed by atoms with Crippen molar-refractivity contribution in [1.29, 1.82) is 0 Å². The maximum Gasteiger partial charge on any atom is 0.345 e. The summed E-state index contributed by atoms with van der Waals surface area (Å²) in [5.41, 5.74) is 1.25. The second kappa shape index (κ2) is 3.67. The summed E-state index contributed by atoms with van der Waals surface area (Å²) in [4.78, 5) is 18.6. The fourth-order valence-corrected chi connectivity index (χ4v) is 2.54. The number of aryl methyl sites for hydroxylation is 1. The molecule has 0 saturated carbocycles. The van der Waals surface area contributed by atoms with Crippen LogP contribution in [-0.4, -0.2) is 9.97 Å². The molecule has 0 amide bonds. The summed E-state index contributed by atoms with van der Waals surface area (Å²) in [5.74, 6) is 0. The predicted octanol–water partition coefficient (Wildman–Crippen LogP) is 2.57. The van der Waals surface area contributed by atoms with Gasteiger partial charge in [0.1, 0.15) is 0 Å². The number of rotatable bonds is 1. The predicted molar refractivity (Wildman–Crippen MR) is 60.6 cm³/mol. The molecule has 0 spiro atoms. The average Bonchev–Trinajstić information content (AvgIpc) is 2.50. The number of hydrogen-bond donors (Lipinski definition) is 1. The van der Waals surface area contributed by atoms with E-state index in [1.807, 2.05) is 24.4 Å². The second-order valence-corrected chi connectivity index (χ2v) is 4.71. The number of halogens is 1. The Kier molecular flexibility index (Phi) is 2.52. The molecule has 14 heavy (non-hydrogen) atoms. The molecular weight excluding hydrogens is 264 g/mol. The Morgan fingerprint density at radius 1 is 1.50 bits per heavy atom. The first-order chi connectivity index (χ1) is 6.65. The smallest absolute Gasteiger partial charge is 0.310 e. The van der Waals surface area contributed by atoms with Gasteiger partial charge in [0.15, 0.2) is 0 Å². The monoisotopic (exact) mass is 270 g/mol. The fraction of sp³-hybridized carbons (Fsp3) is 0.111. The zero-order chi connectivity index (χ0) is 10.1. The fourth-order valence-electron chi connectivity index (χ4n) is 1.15. The van der Waals surface area contributed by atoms with Crippen molar-refractivity contribution in [3.8, 4) is 10.6 Å². The van der Waals surface area contributed by atoms with Crippen LogP contribution in [0.1, 0.15) is 5.69 Å². The van der Waals surface area contributed by atoms with Crippen LogP contribution in [0.4, 0.5) is 0 Å². The van der Waals surface area contributed by atoms with Crippen LogP contribution in [0.25, 0.3) is 10.6 Å². The molecule has 0 aliphatic heterocycles. The number of nitrogens with one attached hydrogen (secondary N) is 1. The summed E-state index contributed by atoms with van der Waals surface area (Å²) in [5, 5.41) is 1.97. The van der Waals surface area contributed by atoms with Crippen LogP contribution in [0.2, 0.25) is 0 Å². The van der Waals surface area contributed by atoms with Crippen LogP contribution < -0.4 is 5.69 Å². The number of aromatic amines is 1. The van der Waals surface area contributed by atoms with E-state index in [4.69, 9.17) is 0 Å². The van der Waals surface area contributed by atoms with Crippen LogP contribution in [0.5, 0.6) is 0 Å². The molecule has 1 N–H and O–H groups in total. The lowest BCUT2D eigenvalue weighted by Crippen LogP contribution is -2.11. The average molecular weight is 271 g/mol. The van der Waals surface area contributed by atoms with Crippen LogP contribution >= 0.6 is 27.3 Å². The van der Waals surface area contributed by atoms with Gasteiger partial charge in [-0.05, 0) is 35.0 Å². The lowest BCUT2D eigenvalue weighted by atomic mass is 10.3. The molecule has 0 aliphatic rings. The quantitative estimate of drug-likeness (QED) is 0.866. The molecule has 0 saturated heterocycles. The number of aromatic nitrogens is 2. The minimum Gasteiger partial charge on any atom is -0.310 e. The highest BCUT2D eigenvalue weighted by Gasteiger charge is 2.04. The van der Waals surface area contributed by atoms with Gasteiger partial charge in [0.25, 0.3) is 0 Å². The molecule has 0 aliphatic carbocycles. The Hall–Kier alpha value is -0.940. The molecule has 2 rings (SSSR count). The Labute approximate surface area is 93.0 Å². The summed E-state index contributed by atoms with van der Waals surface area (Å²) in [6, 6.07) is 3.81. The molecule has 0 radical (unpaired) electrons. The molecule has 0 bridgehead atoms. The Balaban J connectivity index is 2.56. The van der Waals surface area contributed by atoms with Gasteiger partial charge in [0.05, 0.1) is 10.6 Å². The van der Waals surface area contributed by atoms with Gasteiger partial charge < -0.3 is 4.98 Å². The third kappa shape index (κ3) is 1.93. The minimum absolute atomic E-state index is 0.301. The molecule has 0 atom stereocenters. The first kappa shape index (κ1) is 9.61. The Morgan fingerprint density at radius 2 is 2.29 bits per heavy atom. The van der Waals surface area contributed by atoms with E-state index >= 15 is 0 Å². The van der Waals surface area contributed by atoms with Crippen molar-refractivity contribution in [3.05, 3.63) is 38.2 Å². The molecule has 72 valence electrons. The van der Waals surface area contributed by atoms with Crippen LogP contribution in [0.3, 0.4) is 0 Å². The third-order valence-electron chi connectivity index (χ3n) is 1.70. The van der Waals surface area contributed by atoms with Crippen LogP contribution in [0, 0.1) is 6.92 Å². The largest absolute Gasteiger partial charge is 0.345 e. The molecule has 2 aromatic heterocycles. The molecule has 5 heteroatoms. The summed E-state index contributed by atoms with van der Waals surface area (Å²) in [7, 11) is 0. The van der Waals surface area contributed by atoms with Gasteiger partial charge in [-0.25, -0.2) is 4.79 Å². The zero-order valence-electron chi connectivity index (χ0n) is 7.37. The van der Waals surface area contributed by atoms with E-state index in [0.29, 0.717) is 0 Å². The number of H-pyrrole nitrogens is 1. The Bertz CT molecular complexity index is 518. The summed E-state index contributed by atoms with van der Waals surface area (Å²) in [6.45, 7) is 1.84. The van der Waals surface area contributed by atoms with E-state index in [-0.39, 0.29) is 5.69 Å². The normalized spacial score (nSPS) is 10.4. The van der Waals surface area contributed by atoms with Gasteiger partial charge in [-0.1, -0.05) is 0 Å². The van der Waals surface area contributed by atoms with Gasteiger partial charge in [0, 0.05) is 15.5 Å². The maximum atomic E-state index is 11.1. The number of thiophene rings is 1. The van der Waals surface area contributed by atoms with Crippen molar-refractivity contribution in [2.24, 2.45) is 0 Å². The van der Waals surface area contributed by atoms with Gasteiger partial charge in [-0.2, -0.15) is 4.98 Å². The van der Waals surface area contributed by atoms with Crippen molar-refractivity contribution in [2.75, 3.05) is 0 Å². The van der Waals surface area contributed by atoms with Gasteiger partial charge in [0.2, 0.25) is 0 Å². The van der Waals surface area contributed by atoms with Crippen molar-refractivity contribution in [1.82, 2.24) is 9.97 Å². The lowest BCUT2D eigenvalue weighted by molar-refractivity contribution is 1.03. The minimum atomic E-state index is -0.301. The first-order valence-electron chi connectivity index (χ1n) is 3.97. The molecule has 3 nitrogen and oxygen atoms in total. The third-order valence-corrected chi connectivity index (χ3v) is 3.41. The Morgan fingerprint density at radius 3 is 2.86 bits per heavy atom. The van der Waals surface area contributed by atoms with Crippen molar-refractivity contribution in [3.63, 3.8) is 0 Å². The molecule has 0 aromatic carbocycles. The lowest BCUT2D eigenvalue weighted by Gasteiger charge is -1.96. The van der Waals surface area contributed by atoms with Crippen LogP contribution in [-0.2, 0) is 0 Å². The van der Waals surface area contributed by atoms with Crippen molar-refractivity contribution < 1.29 is 0 Å². The molecule has 2 heterocycles. The van der Waals surface area contributed by atoms with Gasteiger partial charge in [-0.3, -0.25) is 0 Å². The summed E-state index contributed by atoms with van der Waals surface area (Å²) >= 11 is 4.92. The molecule has 2 aromatic rings. The van der Waals surface area contributed by atoms with Gasteiger partial charge in [-0.15, -0.1) is 11.3 Å². The van der Waals surface area contributed by atoms with E-state index < -0.39 is 0 Å². The number of hydrogen-bond acceptors (Lipinski definition) is 3. The van der Waals surface area contributed by atoms with E-state index in [2.05, 4.69) is 25.9 Å². The molecule has 0 unspecified atom stereocenters. The molecule has 0 fully saturated rings. The first-order valence-corrected chi connectivity index (χ1v) is 5.65. The van der Waals surface area contributed by atoms with Crippen molar-refractivity contribution >= 4 is 27.3 Å². The highest BCUT2D eigenvalue weighted by Crippen LogP contribution is 2.27. The van der Waals surface area contributed by atoms with Gasteiger partial charge >= 0.3 is 5.69 Å². The maximum absolute atomic E-state index is 11.1. The second-order valence-electron chi connectivity index (χ2n) is 2.88. The standard InChI is InChI=1S/C9H7BrN2OS/c1-5-2-7(12-9(13)11-5)8-3-6(10)4-14-8/h2-4H,1H3,(H,11,12,13). The van der Waals surface area contributed by atoms with E-state index in [1.54, 1.807) is 11.3 Å². The highest BCUT2D eigenvalue weighted by atomic mass is 79.9. The van der Waals surface area contributed by atoms with Crippen LogP contribution in [0.15, 0.2) is 26.8 Å². The van der Waals surface area contributed by atoms with E-state index in [1.165, 1.54) is 0 Å². The van der Waals surface area contributed by atoms with E-state index in [0.717, 1.165) is 20.7 Å². The SMILES string of the molecule is Cc1cc(-c2cc(Br)cs2)nc(=O)[nH]1. The summed E-state index contributed by atoms with van der Waals surface area (Å²) < 4.78 is 1.01. The zero-order valence-corrected chi connectivity index (χ0v) is 9.78. The topological polar surface area (TPSA) is 45.8 Å².